The van der Waals surface area contributed by atoms with Gasteiger partial charge in [-0.05, 0) is 98.4 Å². The van der Waals surface area contributed by atoms with Crippen molar-refractivity contribution >= 4 is 10.9 Å². The van der Waals surface area contributed by atoms with Gasteiger partial charge >= 0.3 is 0 Å². The largest absolute Gasteiger partial charge is 0.507 e. The minimum absolute atomic E-state index is 0.0606. The van der Waals surface area contributed by atoms with Crippen molar-refractivity contribution in [3.05, 3.63) is 90.1 Å². The van der Waals surface area contributed by atoms with Gasteiger partial charge < -0.3 is 24.3 Å². The highest BCUT2D eigenvalue weighted by Crippen LogP contribution is 2.41. The summed E-state index contributed by atoms with van der Waals surface area (Å²) in [5.74, 6) is 3.92. The smallest absolute Gasteiger partial charge is 0.167 e. The first-order valence-electron chi connectivity index (χ1n) is 24.0. The predicted octanol–water partition coefficient (Wildman–Crippen LogP) is 14.9. The van der Waals surface area contributed by atoms with Crippen LogP contribution in [0.5, 0.6) is 23.0 Å². The summed E-state index contributed by atoms with van der Waals surface area (Å²) >= 11 is 0. The molecule has 8 heteroatoms. The summed E-state index contributed by atoms with van der Waals surface area (Å²) in [6, 6.07) is 24.6. The number of phenolic OH excluding ortho intramolecular Hbond substituents is 2. The molecule has 0 bridgehead atoms. The first-order valence-corrected chi connectivity index (χ1v) is 24.0. The van der Waals surface area contributed by atoms with E-state index in [4.69, 9.17) is 24.4 Å². The van der Waals surface area contributed by atoms with E-state index in [9.17, 15) is 10.2 Å². The number of ether oxygens (including phenoxy) is 2. The van der Waals surface area contributed by atoms with E-state index in [2.05, 4.69) is 94.8 Å². The molecule has 0 aliphatic carbocycles. The molecule has 2 aromatic heterocycles. The van der Waals surface area contributed by atoms with Crippen LogP contribution >= 0.6 is 0 Å². The number of unbranched alkanes of at least 4 members (excludes halogenated alkanes) is 3. The van der Waals surface area contributed by atoms with E-state index in [1.807, 2.05) is 44.2 Å². The van der Waals surface area contributed by atoms with Gasteiger partial charge in [0.05, 0.1) is 24.3 Å². The second-order valence-electron chi connectivity index (χ2n) is 17.6. The number of hydrogen-bond donors (Lipinski definition) is 2. The summed E-state index contributed by atoms with van der Waals surface area (Å²) in [6.45, 7) is 19.2. The van der Waals surface area contributed by atoms with Crippen molar-refractivity contribution in [2.45, 2.75) is 139 Å². The lowest BCUT2D eigenvalue weighted by Gasteiger charge is -2.19. The molecule has 3 unspecified atom stereocenters. The average molecular weight is 853 g/mol. The summed E-state index contributed by atoms with van der Waals surface area (Å²) in [7, 11) is 0. The topological polar surface area (TPSA) is 103 Å². The molecule has 6 aromatic rings. The quantitative estimate of drug-likeness (QED) is 0.0625. The number of benzene rings is 4. The summed E-state index contributed by atoms with van der Waals surface area (Å²) in [6.07, 6.45) is 15.8. The Labute approximate surface area is 377 Å². The van der Waals surface area contributed by atoms with Gasteiger partial charge in [-0.3, -0.25) is 0 Å². The van der Waals surface area contributed by atoms with Crippen LogP contribution in [0.4, 0.5) is 0 Å². The Bertz CT molecular complexity index is 2300. The van der Waals surface area contributed by atoms with Gasteiger partial charge in [-0.15, -0.1) is 0 Å². The van der Waals surface area contributed by atoms with Crippen LogP contribution in [0.25, 0.3) is 56.2 Å². The van der Waals surface area contributed by atoms with E-state index >= 15 is 0 Å². The fourth-order valence-corrected chi connectivity index (χ4v) is 8.62. The number of aromatic nitrogens is 4. The van der Waals surface area contributed by atoms with Gasteiger partial charge in [-0.25, -0.2) is 15.0 Å². The van der Waals surface area contributed by atoms with Crippen molar-refractivity contribution in [1.29, 1.82) is 0 Å². The number of rotatable bonds is 24. The third-order valence-corrected chi connectivity index (χ3v) is 13.1. The molecule has 0 saturated carbocycles. The standard InChI is InChI=1S/C55H72N4O4/c1-9-15-21-39(12-4)33-59-34-47(46-32-43(26-29-48(46)59)42-24-19-18-20-25-42)55-57-53(44-27-30-49(37(7)51(44)60)62-35-40(13-5)22-16-10-2)56-54(58-55)45-28-31-50(38(8)52(45)61)63-36-41(14-6)23-17-11-3/h18-20,24-32,34,39-41,60-61H,9-17,21-23,33,35-36H2,1-8H3. The fourth-order valence-electron chi connectivity index (χ4n) is 8.62. The maximum atomic E-state index is 11.9. The van der Waals surface area contributed by atoms with Crippen LogP contribution in [0.3, 0.4) is 0 Å². The zero-order chi connectivity index (χ0) is 44.9. The molecule has 0 radical (unpaired) electrons. The number of aromatic hydroxyl groups is 2. The van der Waals surface area contributed by atoms with Crippen LogP contribution in [0.15, 0.2) is 79.0 Å². The number of fused-ring (bicyclic) bond motifs is 1. The molecule has 0 aliphatic rings. The highest BCUT2D eigenvalue weighted by Gasteiger charge is 2.24. The number of nitrogens with zero attached hydrogens (tertiary/aromatic N) is 4. The molecule has 4 aromatic carbocycles. The van der Waals surface area contributed by atoms with E-state index in [1.165, 1.54) is 25.7 Å². The molecule has 0 aliphatic heterocycles. The SMILES string of the molecule is CCCCC(CC)COc1ccc(-c2nc(-c3ccc(OCC(CC)CCCC)c(C)c3O)nc(-c3cn(CC(CC)CCCC)c4ccc(-c5ccccc5)cc34)n2)c(O)c1C. The molecule has 2 heterocycles. The third kappa shape index (κ3) is 11.4. The zero-order valence-corrected chi connectivity index (χ0v) is 39.3. The van der Waals surface area contributed by atoms with E-state index in [0.717, 1.165) is 85.5 Å². The third-order valence-electron chi connectivity index (χ3n) is 13.1. The van der Waals surface area contributed by atoms with E-state index in [-0.39, 0.29) is 11.5 Å². The summed E-state index contributed by atoms with van der Waals surface area (Å²) in [5, 5.41) is 24.9. The van der Waals surface area contributed by atoms with Crippen molar-refractivity contribution in [3.8, 4) is 68.3 Å². The monoisotopic (exact) mass is 853 g/mol. The molecule has 8 nitrogen and oxygen atoms in total. The molecule has 63 heavy (non-hydrogen) atoms. The second-order valence-corrected chi connectivity index (χ2v) is 17.6. The Morgan fingerprint density at radius 1 is 0.540 bits per heavy atom. The first kappa shape index (κ1) is 47.1. The van der Waals surface area contributed by atoms with Crippen molar-refractivity contribution in [1.82, 2.24) is 19.5 Å². The normalized spacial score (nSPS) is 13.0. The second kappa shape index (κ2) is 22.8. The highest BCUT2D eigenvalue weighted by molar-refractivity contribution is 5.97. The molecule has 6 rings (SSSR count). The minimum atomic E-state index is 0.0606. The van der Waals surface area contributed by atoms with Gasteiger partial charge in [0.2, 0.25) is 0 Å². The molecular weight excluding hydrogens is 781 g/mol. The highest BCUT2D eigenvalue weighted by atomic mass is 16.5. The van der Waals surface area contributed by atoms with Crippen LogP contribution in [-0.4, -0.2) is 42.9 Å². The van der Waals surface area contributed by atoms with Crippen molar-refractivity contribution in [2.24, 2.45) is 17.8 Å². The first-order chi connectivity index (χ1) is 30.6. The van der Waals surface area contributed by atoms with Crippen LogP contribution in [0, 0.1) is 31.6 Å². The van der Waals surface area contributed by atoms with Crippen molar-refractivity contribution in [2.75, 3.05) is 13.2 Å². The zero-order valence-electron chi connectivity index (χ0n) is 39.3. The lowest BCUT2D eigenvalue weighted by atomic mass is 9.99. The van der Waals surface area contributed by atoms with Gasteiger partial charge in [0.25, 0.3) is 0 Å². The Kier molecular flexibility index (Phi) is 17.1. The van der Waals surface area contributed by atoms with Crippen LogP contribution < -0.4 is 9.47 Å². The minimum Gasteiger partial charge on any atom is -0.507 e. The molecule has 2 N–H and O–H groups in total. The Balaban J connectivity index is 1.50. The Morgan fingerprint density at radius 3 is 1.49 bits per heavy atom. The van der Waals surface area contributed by atoms with Crippen molar-refractivity contribution < 1.29 is 19.7 Å². The maximum absolute atomic E-state index is 11.9. The average Bonchev–Trinajstić information content (AvgIpc) is 3.67. The molecule has 0 amide bonds. The molecule has 336 valence electrons. The van der Waals surface area contributed by atoms with Crippen molar-refractivity contribution in [3.63, 3.8) is 0 Å². The summed E-state index contributed by atoms with van der Waals surface area (Å²) in [5.41, 5.74) is 6.40. The number of hydrogen-bond acceptors (Lipinski definition) is 7. The van der Waals surface area contributed by atoms with E-state index in [0.29, 0.717) is 82.2 Å². The summed E-state index contributed by atoms with van der Waals surface area (Å²) in [4.78, 5) is 15.4. The lowest BCUT2D eigenvalue weighted by molar-refractivity contribution is 0.231. The van der Waals surface area contributed by atoms with Gasteiger partial charge in [0.15, 0.2) is 17.5 Å². The Hall–Kier alpha value is -5.37. The van der Waals surface area contributed by atoms with Crippen LogP contribution in [0.2, 0.25) is 0 Å². The molecule has 0 spiro atoms. The molecular formula is C55H72N4O4. The predicted molar refractivity (Wildman–Crippen MR) is 261 cm³/mol. The summed E-state index contributed by atoms with van der Waals surface area (Å²) < 4.78 is 15.1. The van der Waals surface area contributed by atoms with Gasteiger partial charge in [0, 0.05) is 40.3 Å². The van der Waals surface area contributed by atoms with Gasteiger partial charge in [-0.2, -0.15) is 0 Å². The maximum Gasteiger partial charge on any atom is 0.167 e. The fraction of sp³-hybridized carbons (Fsp3) is 0.473. The van der Waals surface area contributed by atoms with Crippen LogP contribution in [0.1, 0.15) is 130 Å². The molecule has 0 saturated heterocycles. The lowest BCUT2D eigenvalue weighted by Crippen LogP contribution is -2.12. The molecule has 3 atom stereocenters. The van der Waals surface area contributed by atoms with Gasteiger partial charge in [-0.1, -0.05) is 136 Å². The number of phenols is 2. The van der Waals surface area contributed by atoms with E-state index < -0.39 is 0 Å². The van der Waals surface area contributed by atoms with E-state index in [1.54, 1.807) is 0 Å². The Morgan fingerprint density at radius 2 is 1.02 bits per heavy atom. The van der Waals surface area contributed by atoms with Crippen LogP contribution in [-0.2, 0) is 6.54 Å². The van der Waals surface area contributed by atoms with Gasteiger partial charge in [0.1, 0.15) is 23.0 Å². The molecule has 0 fully saturated rings.